The van der Waals surface area contributed by atoms with E-state index >= 15 is 0 Å². The third-order valence-electron chi connectivity index (χ3n) is 6.04. The van der Waals surface area contributed by atoms with Crippen molar-refractivity contribution < 1.29 is 18.0 Å². The molecule has 0 aliphatic rings. The van der Waals surface area contributed by atoms with E-state index in [2.05, 4.69) is 5.32 Å². The van der Waals surface area contributed by atoms with Crippen LogP contribution in [-0.4, -0.2) is 50.5 Å². The SMILES string of the molecule is Cc1cccc(N(CCCC(=O)N(Cc2ccccc2)[C@@H](C)C(=O)NCC(C)C)S(C)(=O)=O)c1C. The summed E-state index contributed by atoms with van der Waals surface area (Å²) >= 11 is 0. The zero-order valence-electron chi connectivity index (χ0n) is 21.7. The van der Waals surface area contributed by atoms with Crippen molar-refractivity contribution in [2.24, 2.45) is 5.92 Å². The second kappa shape index (κ2) is 12.7. The maximum absolute atomic E-state index is 13.3. The van der Waals surface area contributed by atoms with Crippen molar-refractivity contribution in [3.05, 3.63) is 65.2 Å². The van der Waals surface area contributed by atoms with E-state index in [-0.39, 0.29) is 24.8 Å². The summed E-state index contributed by atoms with van der Waals surface area (Å²) in [5.74, 6) is -0.0805. The van der Waals surface area contributed by atoms with Gasteiger partial charge in [-0.2, -0.15) is 0 Å². The first kappa shape index (κ1) is 28.4. The normalized spacial score (nSPS) is 12.3. The van der Waals surface area contributed by atoms with Crippen molar-refractivity contribution in [1.82, 2.24) is 10.2 Å². The quantitative estimate of drug-likeness (QED) is 0.476. The minimum atomic E-state index is -3.52. The molecule has 8 heteroatoms. The van der Waals surface area contributed by atoms with Gasteiger partial charge >= 0.3 is 0 Å². The van der Waals surface area contributed by atoms with Crippen LogP contribution in [0, 0.1) is 19.8 Å². The zero-order valence-corrected chi connectivity index (χ0v) is 22.6. The van der Waals surface area contributed by atoms with Gasteiger partial charge in [-0.1, -0.05) is 56.3 Å². The van der Waals surface area contributed by atoms with Crippen molar-refractivity contribution in [2.75, 3.05) is 23.7 Å². The molecule has 0 radical (unpaired) electrons. The van der Waals surface area contributed by atoms with Gasteiger partial charge in [0.1, 0.15) is 6.04 Å². The zero-order chi connectivity index (χ0) is 26.2. The van der Waals surface area contributed by atoms with E-state index in [9.17, 15) is 18.0 Å². The van der Waals surface area contributed by atoms with Crippen LogP contribution in [-0.2, 0) is 26.2 Å². The van der Waals surface area contributed by atoms with Crippen LogP contribution in [0.4, 0.5) is 5.69 Å². The first-order valence-electron chi connectivity index (χ1n) is 12.1. The molecule has 0 spiro atoms. The molecular weight excluding hydrogens is 462 g/mol. The first-order valence-corrected chi connectivity index (χ1v) is 13.9. The van der Waals surface area contributed by atoms with Crippen LogP contribution in [0.5, 0.6) is 0 Å². The number of carbonyl (C=O) groups excluding carboxylic acids is 2. The fourth-order valence-corrected chi connectivity index (χ4v) is 4.82. The molecule has 7 nitrogen and oxygen atoms in total. The molecule has 0 heterocycles. The molecule has 1 N–H and O–H groups in total. The molecule has 192 valence electrons. The van der Waals surface area contributed by atoms with E-state index < -0.39 is 16.1 Å². The Balaban J connectivity index is 2.16. The standard InChI is InChI=1S/C27H39N3O4S/c1-20(2)18-28-27(32)23(5)29(19-24-13-8-7-9-14-24)26(31)16-11-17-30(35(6,33)34)25-15-10-12-21(3)22(25)4/h7-10,12-15,20,23H,11,16-19H2,1-6H3,(H,28,32)/t23-/m0/s1. The number of benzene rings is 2. The van der Waals surface area contributed by atoms with Crippen LogP contribution >= 0.6 is 0 Å². The molecule has 1 atom stereocenters. The minimum absolute atomic E-state index is 0.130. The van der Waals surface area contributed by atoms with Gasteiger partial charge in [-0.3, -0.25) is 13.9 Å². The fraction of sp³-hybridized carbons (Fsp3) is 0.481. The van der Waals surface area contributed by atoms with Crippen LogP contribution < -0.4 is 9.62 Å². The molecule has 35 heavy (non-hydrogen) atoms. The van der Waals surface area contributed by atoms with Gasteiger partial charge in [0.2, 0.25) is 21.8 Å². The average Bonchev–Trinajstić information content (AvgIpc) is 2.80. The predicted molar refractivity (Wildman–Crippen MR) is 142 cm³/mol. The number of nitrogens with one attached hydrogen (secondary N) is 1. The molecule has 2 rings (SSSR count). The van der Waals surface area contributed by atoms with Gasteiger partial charge in [0, 0.05) is 26.1 Å². The number of sulfonamides is 1. The molecule has 0 fully saturated rings. The highest BCUT2D eigenvalue weighted by atomic mass is 32.2. The summed E-state index contributed by atoms with van der Waals surface area (Å²) in [5, 5.41) is 2.91. The van der Waals surface area contributed by atoms with E-state index in [1.54, 1.807) is 17.9 Å². The van der Waals surface area contributed by atoms with Gasteiger partial charge in [0.25, 0.3) is 0 Å². The highest BCUT2D eigenvalue weighted by molar-refractivity contribution is 7.92. The van der Waals surface area contributed by atoms with Crippen molar-refractivity contribution in [2.45, 2.75) is 60.0 Å². The lowest BCUT2D eigenvalue weighted by atomic mass is 10.1. The van der Waals surface area contributed by atoms with Crippen molar-refractivity contribution in [3.63, 3.8) is 0 Å². The monoisotopic (exact) mass is 501 g/mol. The Labute approximate surface area is 210 Å². The second-order valence-corrected chi connectivity index (χ2v) is 11.4. The Morgan fingerprint density at radius 2 is 1.63 bits per heavy atom. The Kier molecular flexibility index (Phi) is 10.3. The molecule has 2 aromatic carbocycles. The molecule has 0 aliphatic carbocycles. The fourth-order valence-electron chi connectivity index (χ4n) is 3.80. The molecule has 0 saturated heterocycles. The minimum Gasteiger partial charge on any atom is -0.354 e. The summed E-state index contributed by atoms with van der Waals surface area (Å²) in [6.07, 6.45) is 1.65. The van der Waals surface area contributed by atoms with Crippen LogP contribution in [0.1, 0.15) is 50.3 Å². The summed E-state index contributed by atoms with van der Waals surface area (Å²) in [5.41, 5.74) is 3.45. The largest absolute Gasteiger partial charge is 0.354 e. The number of anilines is 1. The molecule has 0 bridgehead atoms. The Bertz CT molecular complexity index is 1100. The summed E-state index contributed by atoms with van der Waals surface area (Å²) in [7, 11) is -3.52. The lowest BCUT2D eigenvalue weighted by molar-refractivity contribution is -0.140. The molecule has 0 saturated carbocycles. The van der Waals surface area contributed by atoms with Gasteiger partial charge in [-0.25, -0.2) is 8.42 Å². The van der Waals surface area contributed by atoms with E-state index in [0.717, 1.165) is 16.7 Å². The van der Waals surface area contributed by atoms with Gasteiger partial charge in [-0.05, 0) is 55.9 Å². The van der Waals surface area contributed by atoms with Crippen LogP contribution in [0.3, 0.4) is 0 Å². The number of aryl methyl sites for hydroxylation is 1. The number of rotatable bonds is 12. The lowest BCUT2D eigenvalue weighted by Gasteiger charge is -2.30. The number of hydrogen-bond donors (Lipinski definition) is 1. The topological polar surface area (TPSA) is 86.8 Å². The number of nitrogens with zero attached hydrogens (tertiary/aromatic N) is 2. The Morgan fingerprint density at radius 1 is 0.971 bits per heavy atom. The second-order valence-electron chi connectivity index (χ2n) is 9.48. The first-order chi connectivity index (χ1) is 16.4. The molecule has 0 unspecified atom stereocenters. The van der Waals surface area contributed by atoms with E-state index in [4.69, 9.17) is 0 Å². The summed E-state index contributed by atoms with van der Waals surface area (Å²) in [4.78, 5) is 27.6. The van der Waals surface area contributed by atoms with E-state index in [1.807, 2.05) is 70.2 Å². The molecule has 2 amide bonds. The summed E-state index contributed by atoms with van der Waals surface area (Å²) in [6.45, 7) is 10.6. The molecule has 2 aromatic rings. The van der Waals surface area contributed by atoms with Crippen molar-refractivity contribution >= 4 is 27.5 Å². The van der Waals surface area contributed by atoms with Gasteiger partial charge in [-0.15, -0.1) is 0 Å². The van der Waals surface area contributed by atoms with Crippen LogP contribution in [0.2, 0.25) is 0 Å². The van der Waals surface area contributed by atoms with Crippen molar-refractivity contribution in [3.8, 4) is 0 Å². The Morgan fingerprint density at radius 3 is 2.23 bits per heavy atom. The Hall–Kier alpha value is -2.87. The molecule has 0 aromatic heterocycles. The van der Waals surface area contributed by atoms with Crippen LogP contribution in [0.25, 0.3) is 0 Å². The smallest absolute Gasteiger partial charge is 0.242 e. The predicted octanol–water partition coefficient (Wildman–Crippen LogP) is 4.04. The average molecular weight is 502 g/mol. The lowest BCUT2D eigenvalue weighted by Crippen LogP contribution is -2.48. The van der Waals surface area contributed by atoms with E-state index in [1.165, 1.54) is 10.6 Å². The maximum Gasteiger partial charge on any atom is 0.242 e. The summed E-state index contributed by atoms with van der Waals surface area (Å²) < 4.78 is 26.5. The highest BCUT2D eigenvalue weighted by Gasteiger charge is 2.27. The van der Waals surface area contributed by atoms with Crippen LogP contribution in [0.15, 0.2) is 48.5 Å². The number of carbonyl (C=O) groups is 2. The third kappa shape index (κ3) is 8.38. The van der Waals surface area contributed by atoms with Gasteiger partial charge in [0.15, 0.2) is 0 Å². The highest BCUT2D eigenvalue weighted by Crippen LogP contribution is 2.25. The summed E-state index contributed by atoms with van der Waals surface area (Å²) in [6, 6.07) is 14.5. The van der Waals surface area contributed by atoms with E-state index in [0.29, 0.717) is 31.1 Å². The van der Waals surface area contributed by atoms with Crippen molar-refractivity contribution in [1.29, 1.82) is 0 Å². The maximum atomic E-state index is 13.3. The molecular formula is C27H39N3O4S. The van der Waals surface area contributed by atoms with Gasteiger partial charge in [0.05, 0.1) is 11.9 Å². The molecule has 0 aliphatic heterocycles. The van der Waals surface area contributed by atoms with Gasteiger partial charge < -0.3 is 10.2 Å². The number of hydrogen-bond acceptors (Lipinski definition) is 4. The number of amides is 2. The third-order valence-corrected chi connectivity index (χ3v) is 7.22.